The number of amides is 1. The van der Waals surface area contributed by atoms with E-state index in [0.29, 0.717) is 11.3 Å². The topological polar surface area (TPSA) is 116 Å². The molecule has 3 aromatic rings. The number of nitro benzene ring substituents is 1. The van der Waals surface area contributed by atoms with Crippen LogP contribution in [0.2, 0.25) is 5.02 Å². The number of nitro groups is 1. The minimum atomic E-state index is -2.00. The molecule has 0 spiro atoms. The van der Waals surface area contributed by atoms with Gasteiger partial charge in [-0.3, -0.25) is 14.9 Å². The van der Waals surface area contributed by atoms with Crippen molar-refractivity contribution in [2.75, 3.05) is 5.32 Å². The fraction of sp³-hybridized carbons (Fsp3) is 0.0909. The predicted molar refractivity (Wildman–Crippen MR) is 112 cm³/mol. The summed E-state index contributed by atoms with van der Waals surface area (Å²) in [6, 6.07) is 20.4. The molecule has 1 unspecified atom stereocenters. The van der Waals surface area contributed by atoms with Crippen molar-refractivity contribution >= 4 is 28.9 Å². The van der Waals surface area contributed by atoms with E-state index in [9.17, 15) is 20.0 Å². The van der Waals surface area contributed by atoms with E-state index < -0.39 is 16.4 Å². The zero-order valence-corrected chi connectivity index (χ0v) is 16.3. The SMILES string of the molecule is N#Cc1ccc(NC(=O)C(O)(Cc2ccccc2)c2ccc([N+](=O)[O-])cc2)cc1Cl. The third-order valence-electron chi connectivity index (χ3n) is 4.58. The zero-order valence-electron chi connectivity index (χ0n) is 15.6. The van der Waals surface area contributed by atoms with E-state index in [1.165, 1.54) is 42.5 Å². The molecule has 0 aliphatic rings. The van der Waals surface area contributed by atoms with Gasteiger partial charge in [0.15, 0.2) is 5.60 Å². The molecule has 30 heavy (non-hydrogen) atoms. The van der Waals surface area contributed by atoms with Crippen molar-refractivity contribution in [1.29, 1.82) is 5.26 Å². The van der Waals surface area contributed by atoms with E-state index in [1.807, 2.05) is 12.1 Å². The Kier molecular flexibility index (Phi) is 6.11. The van der Waals surface area contributed by atoms with E-state index >= 15 is 0 Å². The van der Waals surface area contributed by atoms with Gasteiger partial charge in [0, 0.05) is 24.2 Å². The molecule has 0 saturated carbocycles. The number of halogens is 1. The Hall–Kier alpha value is -3.73. The molecule has 1 amide bonds. The Bertz CT molecular complexity index is 1130. The number of carbonyl (C=O) groups is 1. The highest BCUT2D eigenvalue weighted by molar-refractivity contribution is 6.32. The van der Waals surface area contributed by atoms with E-state index in [2.05, 4.69) is 5.32 Å². The molecule has 3 rings (SSSR count). The molecular weight excluding hydrogens is 406 g/mol. The van der Waals surface area contributed by atoms with Gasteiger partial charge < -0.3 is 10.4 Å². The first-order valence-corrected chi connectivity index (χ1v) is 9.23. The molecule has 150 valence electrons. The first-order valence-electron chi connectivity index (χ1n) is 8.86. The van der Waals surface area contributed by atoms with Crippen molar-refractivity contribution in [3.8, 4) is 6.07 Å². The molecule has 0 saturated heterocycles. The Balaban J connectivity index is 1.97. The number of hydrogen-bond acceptors (Lipinski definition) is 5. The number of benzene rings is 3. The second-order valence-electron chi connectivity index (χ2n) is 6.59. The summed E-state index contributed by atoms with van der Waals surface area (Å²) in [7, 11) is 0. The molecule has 8 heteroatoms. The predicted octanol–water partition coefficient (Wildman–Crippen LogP) is 4.19. The normalized spacial score (nSPS) is 12.4. The maximum atomic E-state index is 13.1. The monoisotopic (exact) mass is 421 g/mol. The fourth-order valence-corrected chi connectivity index (χ4v) is 3.20. The largest absolute Gasteiger partial charge is 0.375 e. The highest BCUT2D eigenvalue weighted by Gasteiger charge is 2.38. The summed E-state index contributed by atoms with van der Waals surface area (Å²) < 4.78 is 0. The Morgan fingerprint density at radius 3 is 2.37 bits per heavy atom. The van der Waals surface area contributed by atoms with Gasteiger partial charge in [-0.1, -0.05) is 41.9 Å². The van der Waals surface area contributed by atoms with Gasteiger partial charge in [-0.2, -0.15) is 5.26 Å². The van der Waals surface area contributed by atoms with Crippen LogP contribution in [-0.2, 0) is 16.8 Å². The number of nitrogens with one attached hydrogen (secondary N) is 1. The van der Waals surface area contributed by atoms with Crippen molar-refractivity contribution in [3.63, 3.8) is 0 Å². The van der Waals surface area contributed by atoms with Crippen molar-refractivity contribution in [3.05, 3.63) is 105 Å². The van der Waals surface area contributed by atoms with Crippen LogP contribution in [0.4, 0.5) is 11.4 Å². The molecular formula is C22H16ClN3O4. The van der Waals surface area contributed by atoms with Gasteiger partial charge in [-0.05, 0) is 41.5 Å². The highest BCUT2D eigenvalue weighted by atomic mass is 35.5. The minimum absolute atomic E-state index is 0.0541. The lowest BCUT2D eigenvalue weighted by atomic mass is 9.86. The Labute approximate surface area is 177 Å². The summed E-state index contributed by atoms with van der Waals surface area (Å²) >= 11 is 6.02. The zero-order chi connectivity index (χ0) is 21.7. The van der Waals surface area contributed by atoms with Crippen LogP contribution in [0.3, 0.4) is 0 Å². The summed E-state index contributed by atoms with van der Waals surface area (Å²) in [6.45, 7) is 0. The molecule has 0 aliphatic carbocycles. The van der Waals surface area contributed by atoms with Gasteiger partial charge in [0.2, 0.25) is 0 Å². The van der Waals surface area contributed by atoms with Crippen LogP contribution in [0.5, 0.6) is 0 Å². The van der Waals surface area contributed by atoms with Crippen molar-refractivity contribution in [2.45, 2.75) is 12.0 Å². The van der Waals surface area contributed by atoms with Crippen LogP contribution in [0, 0.1) is 21.4 Å². The number of rotatable bonds is 6. The lowest BCUT2D eigenvalue weighted by Gasteiger charge is -2.28. The number of nitrogens with zero attached hydrogens (tertiary/aromatic N) is 2. The Morgan fingerprint density at radius 2 is 1.80 bits per heavy atom. The highest BCUT2D eigenvalue weighted by Crippen LogP contribution is 2.30. The standard InChI is InChI=1S/C22H16ClN3O4/c23-20-12-18(9-6-16(20)14-24)25-21(27)22(28,13-15-4-2-1-3-5-15)17-7-10-19(11-8-17)26(29)30/h1-12,28H,13H2,(H,25,27). The smallest absolute Gasteiger partial charge is 0.269 e. The third kappa shape index (κ3) is 4.46. The number of anilines is 1. The lowest BCUT2D eigenvalue weighted by molar-refractivity contribution is -0.384. The second kappa shape index (κ2) is 8.74. The minimum Gasteiger partial charge on any atom is -0.375 e. The molecule has 2 N–H and O–H groups in total. The van der Waals surface area contributed by atoms with Crippen molar-refractivity contribution < 1.29 is 14.8 Å². The van der Waals surface area contributed by atoms with Gasteiger partial charge in [-0.25, -0.2) is 0 Å². The third-order valence-corrected chi connectivity index (χ3v) is 4.89. The van der Waals surface area contributed by atoms with Gasteiger partial charge >= 0.3 is 0 Å². The van der Waals surface area contributed by atoms with Gasteiger partial charge in [0.05, 0.1) is 15.5 Å². The molecule has 0 radical (unpaired) electrons. The molecule has 7 nitrogen and oxygen atoms in total. The summed E-state index contributed by atoms with van der Waals surface area (Å²) in [6.07, 6.45) is -0.0541. The molecule has 0 aliphatic heterocycles. The summed E-state index contributed by atoms with van der Waals surface area (Å²) in [5, 5.41) is 34.1. The van der Waals surface area contributed by atoms with Crippen LogP contribution in [-0.4, -0.2) is 15.9 Å². The van der Waals surface area contributed by atoms with Crippen LogP contribution in [0.25, 0.3) is 0 Å². The summed E-state index contributed by atoms with van der Waals surface area (Å²) in [5.74, 6) is -0.735. The summed E-state index contributed by atoms with van der Waals surface area (Å²) in [5.41, 5.74) is -0.695. The van der Waals surface area contributed by atoms with Gasteiger partial charge in [0.1, 0.15) is 6.07 Å². The van der Waals surface area contributed by atoms with E-state index in [1.54, 1.807) is 24.3 Å². The second-order valence-corrected chi connectivity index (χ2v) is 6.99. The fourth-order valence-electron chi connectivity index (χ4n) is 2.98. The molecule has 0 bridgehead atoms. The molecule has 3 aromatic carbocycles. The molecule has 0 fully saturated rings. The first-order chi connectivity index (χ1) is 14.3. The van der Waals surface area contributed by atoms with Crippen LogP contribution < -0.4 is 5.32 Å². The van der Waals surface area contributed by atoms with Crippen molar-refractivity contribution in [1.82, 2.24) is 0 Å². The van der Waals surface area contributed by atoms with Crippen LogP contribution in [0.15, 0.2) is 72.8 Å². The lowest BCUT2D eigenvalue weighted by Crippen LogP contribution is -2.42. The van der Waals surface area contributed by atoms with Gasteiger partial charge in [-0.15, -0.1) is 0 Å². The molecule has 1 atom stereocenters. The average molecular weight is 422 g/mol. The number of hydrogen-bond donors (Lipinski definition) is 2. The van der Waals surface area contributed by atoms with E-state index in [4.69, 9.17) is 16.9 Å². The summed E-state index contributed by atoms with van der Waals surface area (Å²) in [4.78, 5) is 23.5. The Morgan fingerprint density at radius 1 is 1.13 bits per heavy atom. The van der Waals surface area contributed by atoms with Gasteiger partial charge in [0.25, 0.3) is 11.6 Å². The quantitative estimate of drug-likeness (QED) is 0.457. The van der Waals surface area contributed by atoms with E-state index in [0.717, 1.165) is 0 Å². The molecule has 0 aromatic heterocycles. The number of aliphatic hydroxyl groups is 1. The maximum absolute atomic E-state index is 13.1. The maximum Gasteiger partial charge on any atom is 0.269 e. The van der Waals surface area contributed by atoms with Crippen molar-refractivity contribution in [2.24, 2.45) is 0 Å². The number of non-ortho nitro benzene ring substituents is 1. The van der Waals surface area contributed by atoms with Crippen LogP contribution >= 0.6 is 11.6 Å². The first kappa shape index (κ1) is 21.0. The average Bonchev–Trinajstić information content (AvgIpc) is 2.74. The van der Waals surface area contributed by atoms with Crippen LogP contribution in [0.1, 0.15) is 16.7 Å². The number of nitriles is 1. The van der Waals surface area contributed by atoms with E-state index in [-0.39, 0.29) is 28.3 Å². The molecule has 0 heterocycles. The number of carbonyl (C=O) groups excluding carboxylic acids is 1.